The Morgan fingerprint density at radius 2 is 2.07 bits per heavy atom. The van der Waals surface area contributed by atoms with E-state index in [-0.39, 0.29) is 17.9 Å². The number of aryl methyl sites for hydroxylation is 1. The van der Waals surface area contributed by atoms with Crippen LogP contribution in [-0.4, -0.2) is 51.8 Å². The Bertz CT molecular complexity index is 882. The number of hydrogen-bond donors (Lipinski definition) is 0. The van der Waals surface area contributed by atoms with E-state index in [1.54, 1.807) is 0 Å². The summed E-state index contributed by atoms with van der Waals surface area (Å²) in [4.78, 5) is 19.5. The van der Waals surface area contributed by atoms with Crippen molar-refractivity contribution in [3.8, 4) is 0 Å². The van der Waals surface area contributed by atoms with Crippen LogP contribution in [0.25, 0.3) is 0 Å². The third-order valence-electron chi connectivity index (χ3n) is 4.95. The minimum absolute atomic E-state index is 0.0980. The first-order chi connectivity index (χ1) is 13.6. The highest BCUT2D eigenvalue weighted by molar-refractivity contribution is 5.95. The third-order valence-corrected chi connectivity index (χ3v) is 4.95. The molecule has 0 spiro atoms. The number of carbonyl (C=O) groups is 1. The van der Waals surface area contributed by atoms with Gasteiger partial charge in [-0.2, -0.15) is 18.3 Å². The Morgan fingerprint density at radius 3 is 2.72 bits per heavy atom. The maximum absolute atomic E-state index is 13.3. The third kappa shape index (κ3) is 4.33. The monoisotopic (exact) mass is 417 g/mol. The summed E-state index contributed by atoms with van der Waals surface area (Å²) in [5.41, 5.74) is -1.66. The Kier molecular flexibility index (Phi) is 5.76. The largest absolute Gasteiger partial charge is 0.419 e. The molecule has 0 saturated carbocycles. The second-order valence-corrected chi connectivity index (χ2v) is 6.93. The quantitative estimate of drug-likeness (QED) is 0.715. The lowest BCUT2D eigenvalue weighted by molar-refractivity contribution is -0.137. The molecular formula is C18H20F5N5O. The second kappa shape index (κ2) is 7.96. The van der Waals surface area contributed by atoms with Gasteiger partial charge in [-0.15, -0.1) is 0 Å². The molecule has 1 atom stereocenters. The molecule has 6 nitrogen and oxygen atoms in total. The van der Waals surface area contributed by atoms with Crippen LogP contribution < -0.4 is 4.90 Å². The maximum Gasteiger partial charge on any atom is 0.419 e. The van der Waals surface area contributed by atoms with Crippen molar-refractivity contribution in [2.45, 2.75) is 31.5 Å². The van der Waals surface area contributed by atoms with Gasteiger partial charge in [-0.25, -0.2) is 13.8 Å². The number of amides is 1. The molecule has 0 aliphatic carbocycles. The molecule has 2 aromatic heterocycles. The maximum atomic E-state index is 13.3. The summed E-state index contributed by atoms with van der Waals surface area (Å²) in [6.45, 7) is 0.426. The highest BCUT2D eigenvalue weighted by atomic mass is 19.4. The van der Waals surface area contributed by atoms with Crippen LogP contribution in [0.3, 0.4) is 0 Å². The summed E-state index contributed by atoms with van der Waals surface area (Å²) in [6.07, 6.45) is -3.89. The molecule has 29 heavy (non-hydrogen) atoms. The van der Waals surface area contributed by atoms with Crippen molar-refractivity contribution in [1.29, 1.82) is 0 Å². The fraction of sp³-hybridized carbons (Fsp3) is 0.500. The molecule has 1 amide bonds. The number of anilines is 1. The highest BCUT2D eigenvalue weighted by Gasteiger charge is 2.37. The van der Waals surface area contributed by atoms with Gasteiger partial charge in [-0.1, -0.05) is 0 Å². The molecule has 3 heterocycles. The first kappa shape index (κ1) is 21.0. The summed E-state index contributed by atoms with van der Waals surface area (Å²) >= 11 is 0. The summed E-state index contributed by atoms with van der Waals surface area (Å²) in [5, 5.41) is 3.64. The Labute approximate surface area is 163 Å². The van der Waals surface area contributed by atoms with E-state index in [1.807, 2.05) is 0 Å². The van der Waals surface area contributed by atoms with Gasteiger partial charge in [-0.3, -0.25) is 9.48 Å². The van der Waals surface area contributed by atoms with E-state index in [4.69, 9.17) is 0 Å². The van der Waals surface area contributed by atoms with Gasteiger partial charge < -0.3 is 9.80 Å². The fourth-order valence-corrected chi connectivity index (χ4v) is 3.53. The van der Waals surface area contributed by atoms with Crippen molar-refractivity contribution in [1.82, 2.24) is 19.7 Å². The van der Waals surface area contributed by atoms with Crippen molar-refractivity contribution in [3.05, 3.63) is 41.3 Å². The van der Waals surface area contributed by atoms with E-state index < -0.39 is 35.8 Å². The molecule has 11 heteroatoms. The summed E-state index contributed by atoms with van der Waals surface area (Å²) in [6, 6.07) is 1.73. The zero-order valence-electron chi connectivity index (χ0n) is 15.8. The number of rotatable bonds is 4. The molecular weight excluding hydrogens is 397 g/mol. The van der Waals surface area contributed by atoms with Crippen molar-refractivity contribution in [2.75, 3.05) is 25.0 Å². The van der Waals surface area contributed by atoms with Crippen molar-refractivity contribution in [3.63, 3.8) is 0 Å². The molecule has 0 N–H and O–H groups in total. The van der Waals surface area contributed by atoms with Gasteiger partial charge in [0.15, 0.2) is 0 Å². The number of piperidine rings is 1. The average Bonchev–Trinajstić information content (AvgIpc) is 3.08. The lowest BCUT2D eigenvalue weighted by Crippen LogP contribution is -2.49. The number of hydrogen-bond acceptors (Lipinski definition) is 4. The van der Waals surface area contributed by atoms with Gasteiger partial charge in [0.25, 0.3) is 12.3 Å². The van der Waals surface area contributed by atoms with Crippen molar-refractivity contribution in [2.24, 2.45) is 7.05 Å². The van der Waals surface area contributed by atoms with E-state index in [1.165, 1.54) is 42.4 Å². The predicted octanol–water partition coefficient (Wildman–Crippen LogP) is 3.51. The number of pyridine rings is 1. The van der Waals surface area contributed by atoms with Crippen LogP contribution in [-0.2, 0) is 13.2 Å². The van der Waals surface area contributed by atoms with E-state index in [0.717, 1.165) is 10.7 Å². The van der Waals surface area contributed by atoms with Crippen LogP contribution in [0, 0.1) is 0 Å². The van der Waals surface area contributed by atoms with E-state index in [2.05, 4.69) is 10.1 Å². The lowest BCUT2D eigenvalue weighted by Gasteiger charge is -2.38. The van der Waals surface area contributed by atoms with E-state index in [0.29, 0.717) is 19.4 Å². The van der Waals surface area contributed by atoms with Crippen molar-refractivity contribution >= 4 is 11.7 Å². The topological polar surface area (TPSA) is 54.3 Å². The molecule has 2 aromatic rings. The fourth-order valence-electron chi connectivity index (χ4n) is 3.53. The van der Waals surface area contributed by atoms with Crippen LogP contribution >= 0.6 is 0 Å². The Balaban J connectivity index is 1.82. The molecule has 158 valence electrons. The van der Waals surface area contributed by atoms with Gasteiger partial charge in [0, 0.05) is 45.6 Å². The van der Waals surface area contributed by atoms with Gasteiger partial charge in [0.05, 0.1) is 11.1 Å². The standard InChI is InChI=1S/C18H20F5N5O/c1-26-10-12(14(25-26)15(19)20)17(29)28-8-4-5-11(9-28)27(2)16-13(18(21,22)23)6-3-7-24-16/h3,6-7,10-11,15H,4-5,8-9H2,1-2H3. The molecule has 1 unspecified atom stereocenters. The van der Waals surface area contributed by atoms with Crippen LogP contribution in [0.2, 0.25) is 0 Å². The Morgan fingerprint density at radius 1 is 1.34 bits per heavy atom. The van der Waals surface area contributed by atoms with Gasteiger partial charge in [0.2, 0.25) is 0 Å². The summed E-state index contributed by atoms with van der Waals surface area (Å²) < 4.78 is 67.4. The molecule has 0 radical (unpaired) electrons. The molecule has 1 fully saturated rings. The molecule has 1 saturated heterocycles. The molecule has 1 aliphatic rings. The minimum atomic E-state index is -4.57. The van der Waals surface area contributed by atoms with Crippen LogP contribution in [0.15, 0.2) is 24.5 Å². The second-order valence-electron chi connectivity index (χ2n) is 6.93. The number of carbonyl (C=O) groups excluding carboxylic acids is 1. The number of alkyl halides is 5. The predicted molar refractivity (Wildman–Crippen MR) is 94.7 cm³/mol. The zero-order valence-corrected chi connectivity index (χ0v) is 15.8. The summed E-state index contributed by atoms with van der Waals surface area (Å²) in [7, 11) is 2.93. The molecule has 1 aliphatic heterocycles. The normalized spacial score (nSPS) is 17.7. The lowest BCUT2D eigenvalue weighted by atomic mass is 10.0. The number of nitrogens with zero attached hydrogens (tertiary/aromatic N) is 5. The van der Waals surface area contributed by atoms with E-state index in [9.17, 15) is 26.7 Å². The first-order valence-corrected chi connectivity index (χ1v) is 8.95. The number of likely N-dealkylation sites (N-methyl/N-ethyl adjacent to an activating group) is 1. The Hall–Kier alpha value is -2.72. The zero-order chi connectivity index (χ0) is 21.3. The minimum Gasteiger partial charge on any atom is -0.354 e. The number of halogens is 5. The van der Waals surface area contributed by atoms with Crippen molar-refractivity contribution < 1.29 is 26.7 Å². The van der Waals surface area contributed by atoms with Gasteiger partial charge in [0.1, 0.15) is 11.5 Å². The number of aromatic nitrogens is 3. The molecule has 0 bridgehead atoms. The van der Waals surface area contributed by atoms with Gasteiger partial charge >= 0.3 is 6.18 Å². The molecule has 0 aromatic carbocycles. The van der Waals surface area contributed by atoms with Crippen LogP contribution in [0.5, 0.6) is 0 Å². The summed E-state index contributed by atoms with van der Waals surface area (Å²) in [5.74, 6) is -0.836. The van der Waals surface area contributed by atoms with Gasteiger partial charge in [-0.05, 0) is 25.0 Å². The highest BCUT2D eigenvalue weighted by Crippen LogP contribution is 2.36. The van der Waals surface area contributed by atoms with Crippen LogP contribution in [0.4, 0.5) is 27.8 Å². The molecule has 3 rings (SSSR count). The van der Waals surface area contributed by atoms with Crippen LogP contribution in [0.1, 0.15) is 40.9 Å². The number of likely N-dealkylation sites (tertiary alicyclic amines) is 1. The van der Waals surface area contributed by atoms with E-state index >= 15 is 0 Å². The SMILES string of the molecule is CN(c1ncccc1C(F)(F)F)C1CCCN(C(=O)c2cn(C)nc2C(F)F)C1. The average molecular weight is 417 g/mol. The first-order valence-electron chi connectivity index (χ1n) is 8.95. The smallest absolute Gasteiger partial charge is 0.354 e.